The maximum atomic E-state index is 3.53. The fraction of sp³-hybridized carbons (Fsp3) is 0.0667. The topological polar surface area (TPSA) is 15.8 Å². The third-order valence-corrected chi connectivity index (χ3v) is 4.06. The molecule has 0 aliphatic rings. The second-order valence-corrected chi connectivity index (χ2v) is 6.14. The summed E-state index contributed by atoms with van der Waals surface area (Å²) in [5.74, 6) is 0. The number of benzene rings is 2. The number of fused-ring (bicyclic) bond motifs is 1. The minimum atomic E-state index is 0.948. The van der Waals surface area contributed by atoms with Crippen molar-refractivity contribution in [3.63, 3.8) is 0 Å². The molecule has 2 aromatic carbocycles. The molecule has 3 heteroatoms. The molecule has 0 radical (unpaired) electrons. The molecule has 0 atom stereocenters. The highest BCUT2D eigenvalue weighted by molar-refractivity contribution is 9.10. The van der Waals surface area contributed by atoms with E-state index >= 15 is 0 Å². The summed E-state index contributed by atoms with van der Waals surface area (Å²) in [6.45, 7) is 0. The van der Waals surface area contributed by atoms with E-state index in [1.54, 1.807) is 0 Å². The van der Waals surface area contributed by atoms with Gasteiger partial charge in [0.1, 0.15) is 0 Å². The predicted octanol–water partition coefficient (Wildman–Crippen LogP) is 5.28. The lowest BCUT2D eigenvalue weighted by atomic mass is 10.0. The summed E-state index contributed by atoms with van der Waals surface area (Å²) in [7, 11) is 0. The number of aromatic nitrogens is 1. The highest BCUT2D eigenvalue weighted by atomic mass is 79.9. The SMILES string of the molecule is Brc1ccc(Cc2c[nH]c3ccc(Br)cc23)cc1. The van der Waals surface area contributed by atoms with E-state index in [0.717, 1.165) is 15.4 Å². The van der Waals surface area contributed by atoms with Gasteiger partial charge in [-0.15, -0.1) is 0 Å². The van der Waals surface area contributed by atoms with Crippen molar-refractivity contribution in [1.82, 2.24) is 4.98 Å². The molecule has 3 aromatic rings. The minimum Gasteiger partial charge on any atom is -0.361 e. The number of nitrogens with one attached hydrogen (secondary N) is 1. The highest BCUT2D eigenvalue weighted by Gasteiger charge is 2.05. The van der Waals surface area contributed by atoms with Gasteiger partial charge in [0.2, 0.25) is 0 Å². The van der Waals surface area contributed by atoms with Crippen LogP contribution in [-0.4, -0.2) is 4.98 Å². The third kappa shape index (κ3) is 2.38. The van der Waals surface area contributed by atoms with Crippen molar-refractivity contribution in [2.24, 2.45) is 0 Å². The van der Waals surface area contributed by atoms with E-state index in [1.165, 1.54) is 22.0 Å². The molecule has 90 valence electrons. The molecular weight excluding hydrogens is 354 g/mol. The lowest BCUT2D eigenvalue weighted by molar-refractivity contribution is 1.20. The average molecular weight is 365 g/mol. The van der Waals surface area contributed by atoms with Gasteiger partial charge in [-0.1, -0.05) is 44.0 Å². The van der Waals surface area contributed by atoms with Gasteiger partial charge in [-0.05, 0) is 47.9 Å². The van der Waals surface area contributed by atoms with Crippen LogP contribution in [0.5, 0.6) is 0 Å². The van der Waals surface area contributed by atoms with E-state index in [0.29, 0.717) is 0 Å². The van der Waals surface area contributed by atoms with Crippen LogP contribution in [0.4, 0.5) is 0 Å². The molecule has 3 rings (SSSR count). The first kappa shape index (κ1) is 12.0. The Hall–Kier alpha value is -1.06. The van der Waals surface area contributed by atoms with E-state index in [-0.39, 0.29) is 0 Å². The molecule has 0 bridgehead atoms. The Labute approximate surface area is 122 Å². The Morgan fingerprint density at radius 1 is 0.889 bits per heavy atom. The van der Waals surface area contributed by atoms with Gasteiger partial charge in [0.25, 0.3) is 0 Å². The van der Waals surface area contributed by atoms with E-state index in [4.69, 9.17) is 0 Å². The number of rotatable bonds is 2. The van der Waals surface area contributed by atoms with E-state index < -0.39 is 0 Å². The average Bonchev–Trinajstić information content (AvgIpc) is 2.75. The van der Waals surface area contributed by atoms with Gasteiger partial charge in [-0.25, -0.2) is 0 Å². The highest BCUT2D eigenvalue weighted by Crippen LogP contribution is 2.25. The van der Waals surface area contributed by atoms with Crippen molar-refractivity contribution in [2.75, 3.05) is 0 Å². The van der Waals surface area contributed by atoms with Crippen molar-refractivity contribution in [3.05, 3.63) is 68.7 Å². The van der Waals surface area contributed by atoms with Gasteiger partial charge < -0.3 is 4.98 Å². The predicted molar refractivity (Wildman–Crippen MR) is 82.9 cm³/mol. The smallest absolute Gasteiger partial charge is 0.0457 e. The maximum Gasteiger partial charge on any atom is 0.0457 e. The van der Waals surface area contributed by atoms with Crippen LogP contribution in [0.15, 0.2) is 57.6 Å². The van der Waals surface area contributed by atoms with Crippen molar-refractivity contribution in [3.8, 4) is 0 Å². The van der Waals surface area contributed by atoms with Gasteiger partial charge in [-0.3, -0.25) is 0 Å². The molecule has 18 heavy (non-hydrogen) atoms. The van der Waals surface area contributed by atoms with Gasteiger partial charge in [0.05, 0.1) is 0 Å². The van der Waals surface area contributed by atoms with Gasteiger partial charge in [-0.2, -0.15) is 0 Å². The second-order valence-electron chi connectivity index (χ2n) is 4.31. The zero-order valence-electron chi connectivity index (χ0n) is 9.58. The molecule has 0 fully saturated rings. The van der Waals surface area contributed by atoms with Gasteiger partial charge >= 0.3 is 0 Å². The quantitative estimate of drug-likeness (QED) is 0.636. The van der Waals surface area contributed by atoms with Crippen molar-refractivity contribution >= 4 is 42.8 Å². The standard InChI is InChI=1S/C15H11Br2N/c16-12-3-1-10(2-4-12)7-11-9-18-15-6-5-13(17)8-14(11)15/h1-6,8-9,18H,7H2. The van der Waals surface area contributed by atoms with Crippen LogP contribution >= 0.6 is 31.9 Å². The zero-order chi connectivity index (χ0) is 12.5. The Morgan fingerprint density at radius 2 is 1.61 bits per heavy atom. The zero-order valence-corrected chi connectivity index (χ0v) is 12.8. The normalized spacial score (nSPS) is 11.0. The number of aromatic amines is 1. The van der Waals surface area contributed by atoms with Crippen LogP contribution in [-0.2, 0) is 6.42 Å². The minimum absolute atomic E-state index is 0.948. The summed E-state index contributed by atoms with van der Waals surface area (Å²) < 4.78 is 2.24. The molecule has 0 aliphatic heterocycles. The maximum absolute atomic E-state index is 3.53. The summed E-state index contributed by atoms with van der Waals surface area (Å²) in [5.41, 5.74) is 3.83. The Balaban J connectivity index is 1.99. The van der Waals surface area contributed by atoms with Crippen LogP contribution in [0.3, 0.4) is 0 Å². The molecule has 0 spiro atoms. The molecule has 1 aromatic heterocycles. The Bertz CT molecular complexity index is 683. The first-order valence-electron chi connectivity index (χ1n) is 5.72. The Morgan fingerprint density at radius 3 is 2.39 bits per heavy atom. The summed E-state index contributed by atoms with van der Waals surface area (Å²) in [6.07, 6.45) is 3.04. The lowest BCUT2D eigenvalue weighted by Gasteiger charge is -2.01. The van der Waals surface area contributed by atoms with Crippen molar-refractivity contribution < 1.29 is 0 Å². The largest absolute Gasteiger partial charge is 0.361 e. The molecular formula is C15H11Br2N. The van der Waals surface area contributed by atoms with E-state index in [9.17, 15) is 0 Å². The molecule has 1 N–H and O–H groups in total. The number of halogens is 2. The molecule has 0 saturated heterocycles. The second kappa shape index (κ2) is 4.90. The molecule has 0 unspecified atom stereocenters. The van der Waals surface area contributed by atoms with Gasteiger partial charge in [0, 0.05) is 26.0 Å². The van der Waals surface area contributed by atoms with Crippen LogP contribution < -0.4 is 0 Å². The summed E-state index contributed by atoms with van der Waals surface area (Å²) >= 11 is 6.99. The molecule has 1 heterocycles. The van der Waals surface area contributed by atoms with E-state index in [2.05, 4.69) is 85.5 Å². The van der Waals surface area contributed by atoms with Crippen molar-refractivity contribution in [2.45, 2.75) is 6.42 Å². The molecule has 0 amide bonds. The first-order chi connectivity index (χ1) is 8.72. The summed E-state index contributed by atoms with van der Waals surface area (Å²) in [5, 5.41) is 1.28. The molecule has 0 aliphatic carbocycles. The number of hydrogen-bond donors (Lipinski definition) is 1. The fourth-order valence-electron chi connectivity index (χ4n) is 2.12. The fourth-order valence-corrected chi connectivity index (χ4v) is 2.74. The summed E-state index contributed by atoms with van der Waals surface area (Å²) in [6, 6.07) is 14.8. The van der Waals surface area contributed by atoms with Gasteiger partial charge in [0.15, 0.2) is 0 Å². The third-order valence-electron chi connectivity index (χ3n) is 3.04. The van der Waals surface area contributed by atoms with Crippen LogP contribution in [0.1, 0.15) is 11.1 Å². The van der Waals surface area contributed by atoms with Crippen molar-refractivity contribution in [1.29, 1.82) is 0 Å². The monoisotopic (exact) mass is 363 g/mol. The number of H-pyrrole nitrogens is 1. The number of hydrogen-bond acceptors (Lipinski definition) is 0. The summed E-state index contributed by atoms with van der Waals surface area (Å²) in [4.78, 5) is 3.32. The molecule has 0 saturated carbocycles. The van der Waals surface area contributed by atoms with Crippen LogP contribution in [0, 0.1) is 0 Å². The van der Waals surface area contributed by atoms with Crippen LogP contribution in [0.25, 0.3) is 10.9 Å². The van der Waals surface area contributed by atoms with E-state index in [1.807, 2.05) is 0 Å². The Kier molecular flexibility index (Phi) is 3.27. The molecule has 1 nitrogen and oxygen atoms in total. The van der Waals surface area contributed by atoms with Crippen LogP contribution in [0.2, 0.25) is 0 Å². The lowest BCUT2D eigenvalue weighted by Crippen LogP contribution is -1.86. The first-order valence-corrected chi connectivity index (χ1v) is 7.31.